The number of hydrogen-bond acceptors (Lipinski definition) is 7. The van der Waals surface area contributed by atoms with Gasteiger partial charge in [-0.1, -0.05) is 46.2 Å². The van der Waals surface area contributed by atoms with E-state index in [9.17, 15) is 0 Å². The predicted molar refractivity (Wildman–Crippen MR) is 109 cm³/mol. The molecule has 0 amide bonds. The van der Waals surface area contributed by atoms with Crippen LogP contribution in [0.1, 0.15) is 24.3 Å². The van der Waals surface area contributed by atoms with E-state index < -0.39 is 0 Å². The molecule has 9 heteroatoms. The topological polar surface area (TPSA) is 88.1 Å². The summed E-state index contributed by atoms with van der Waals surface area (Å²) in [5.74, 6) is 1.58. The van der Waals surface area contributed by atoms with Crippen LogP contribution in [-0.2, 0) is 17.9 Å². The largest absolute Gasteiger partial charge is 0.494 e. The molecule has 8 nitrogen and oxygen atoms in total. The minimum absolute atomic E-state index is 0.118. The normalized spacial score (nSPS) is 15.7. The Balaban J connectivity index is 1.36. The summed E-state index contributed by atoms with van der Waals surface area (Å²) in [7, 11) is 0. The Bertz CT molecular complexity index is 1170. The highest BCUT2D eigenvalue weighted by atomic mass is 35.5. The lowest BCUT2D eigenvalue weighted by Gasteiger charge is -2.24. The Morgan fingerprint density at radius 3 is 2.87 bits per heavy atom. The summed E-state index contributed by atoms with van der Waals surface area (Å²) in [5.41, 5.74) is 3.16. The Morgan fingerprint density at radius 1 is 1.20 bits per heavy atom. The number of rotatable bonds is 5. The van der Waals surface area contributed by atoms with Gasteiger partial charge in [-0.2, -0.15) is 4.98 Å². The first-order valence-electron chi connectivity index (χ1n) is 9.58. The first kappa shape index (κ1) is 18.8. The molecule has 152 valence electrons. The van der Waals surface area contributed by atoms with Crippen molar-refractivity contribution in [3.63, 3.8) is 0 Å². The Labute approximate surface area is 177 Å². The number of nitrogens with zero attached hydrogens (tertiary/aromatic N) is 5. The molecular weight excluding hydrogens is 406 g/mol. The quantitative estimate of drug-likeness (QED) is 0.472. The molecule has 4 aromatic rings. The van der Waals surface area contributed by atoms with E-state index in [1.54, 1.807) is 12.1 Å². The van der Waals surface area contributed by atoms with Gasteiger partial charge in [0.2, 0.25) is 5.82 Å². The van der Waals surface area contributed by atoms with Crippen LogP contribution in [0, 0.1) is 0 Å². The van der Waals surface area contributed by atoms with Crippen LogP contribution in [0.2, 0.25) is 5.02 Å². The minimum Gasteiger partial charge on any atom is -0.494 e. The third-order valence-corrected chi connectivity index (χ3v) is 5.11. The molecule has 1 aliphatic heterocycles. The van der Waals surface area contributed by atoms with E-state index in [0.717, 1.165) is 22.6 Å². The Morgan fingerprint density at radius 2 is 2.07 bits per heavy atom. The van der Waals surface area contributed by atoms with Gasteiger partial charge in [-0.05, 0) is 36.8 Å². The molecule has 0 aliphatic carbocycles. The Kier molecular flexibility index (Phi) is 4.94. The van der Waals surface area contributed by atoms with Crippen LogP contribution in [-0.4, -0.2) is 31.7 Å². The third-order valence-electron chi connectivity index (χ3n) is 4.87. The molecule has 0 N–H and O–H groups in total. The number of fused-ring (bicyclic) bond motifs is 1. The van der Waals surface area contributed by atoms with Gasteiger partial charge in [0.25, 0.3) is 5.89 Å². The molecule has 0 saturated carbocycles. The maximum absolute atomic E-state index is 6.07. The van der Waals surface area contributed by atoms with Crippen molar-refractivity contribution in [1.82, 2.24) is 25.1 Å². The highest BCUT2D eigenvalue weighted by molar-refractivity contribution is 6.30. The summed E-state index contributed by atoms with van der Waals surface area (Å²) in [6.45, 7) is 3.49. The maximum atomic E-state index is 6.07. The number of hydrogen-bond donors (Lipinski definition) is 0. The van der Waals surface area contributed by atoms with Crippen molar-refractivity contribution >= 4 is 11.6 Å². The fourth-order valence-corrected chi connectivity index (χ4v) is 3.58. The van der Waals surface area contributed by atoms with Crippen LogP contribution in [0.15, 0.2) is 53.1 Å². The van der Waals surface area contributed by atoms with Crippen molar-refractivity contribution in [1.29, 1.82) is 0 Å². The molecule has 30 heavy (non-hydrogen) atoms. The second kappa shape index (κ2) is 7.89. The zero-order valence-corrected chi connectivity index (χ0v) is 16.9. The molecule has 0 saturated heterocycles. The van der Waals surface area contributed by atoms with Gasteiger partial charge in [0.1, 0.15) is 11.9 Å². The van der Waals surface area contributed by atoms with Crippen molar-refractivity contribution in [2.45, 2.75) is 26.2 Å². The third kappa shape index (κ3) is 3.55. The SMILES string of the molecule is CCOc1ccc(C2Cn3nnc(-c4nc(-c5cccc(Cl)c5)no4)c3CO2)cc1. The number of aromatic nitrogens is 5. The summed E-state index contributed by atoms with van der Waals surface area (Å²) in [6, 6.07) is 15.2. The van der Waals surface area contributed by atoms with Crippen LogP contribution in [0.3, 0.4) is 0 Å². The van der Waals surface area contributed by atoms with Gasteiger partial charge in [0.05, 0.1) is 25.5 Å². The lowest BCUT2D eigenvalue weighted by Crippen LogP contribution is -2.22. The first-order chi connectivity index (χ1) is 14.7. The van der Waals surface area contributed by atoms with E-state index >= 15 is 0 Å². The lowest BCUT2D eigenvalue weighted by atomic mass is 10.1. The van der Waals surface area contributed by atoms with E-state index in [1.807, 2.05) is 48.0 Å². The highest BCUT2D eigenvalue weighted by Crippen LogP contribution is 2.31. The molecule has 3 heterocycles. The van der Waals surface area contributed by atoms with E-state index in [-0.39, 0.29) is 6.10 Å². The average Bonchev–Trinajstić information content (AvgIpc) is 3.41. The minimum atomic E-state index is -0.118. The van der Waals surface area contributed by atoms with E-state index in [2.05, 4.69) is 20.5 Å². The van der Waals surface area contributed by atoms with Crippen LogP contribution in [0.25, 0.3) is 23.0 Å². The summed E-state index contributed by atoms with van der Waals surface area (Å²) >= 11 is 6.05. The van der Waals surface area contributed by atoms with Crippen LogP contribution < -0.4 is 4.74 Å². The summed E-state index contributed by atoms with van der Waals surface area (Å²) in [5, 5.41) is 13.2. The van der Waals surface area contributed by atoms with Crippen molar-refractivity contribution in [2.75, 3.05) is 6.61 Å². The molecule has 0 spiro atoms. The van der Waals surface area contributed by atoms with Crippen LogP contribution >= 0.6 is 11.6 Å². The van der Waals surface area contributed by atoms with Gasteiger partial charge in [-0.15, -0.1) is 5.10 Å². The molecule has 2 aromatic heterocycles. The monoisotopic (exact) mass is 423 g/mol. The van der Waals surface area contributed by atoms with Gasteiger partial charge in [0, 0.05) is 10.6 Å². The van der Waals surface area contributed by atoms with Gasteiger partial charge in [-0.3, -0.25) is 0 Å². The zero-order chi connectivity index (χ0) is 20.5. The highest BCUT2D eigenvalue weighted by Gasteiger charge is 2.28. The second-order valence-electron chi connectivity index (χ2n) is 6.80. The van der Waals surface area contributed by atoms with E-state index in [0.29, 0.717) is 42.2 Å². The molecular formula is C21H18ClN5O3. The molecule has 5 rings (SSSR count). The number of halogens is 1. The predicted octanol–water partition coefficient (Wildman–Crippen LogP) is 4.32. The molecule has 2 aromatic carbocycles. The average molecular weight is 424 g/mol. The van der Waals surface area contributed by atoms with Crippen LogP contribution in [0.5, 0.6) is 5.75 Å². The van der Waals surface area contributed by atoms with Crippen molar-refractivity contribution < 1.29 is 14.0 Å². The van der Waals surface area contributed by atoms with Gasteiger partial charge < -0.3 is 14.0 Å². The molecule has 0 fully saturated rings. The molecule has 1 atom stereocenters. The fourth-order valence-electron chi connectivity index (χ4n) is 3.39. The lowest BCUT2D eigenvalue weighted by molar-refractivity contribution is -0.00119. The summed E-state index contributed by atoms with van der Waals surface area (Å²) in [4.78, 5) is 4.45. The van der Waals surface area contributed by atoms with Crippen LogP contribution in [0.4, 0.5) is 0 Å². The molecule has 1 aliphatic rings. The Hall–Kier alpha value is -3.23. The first-order valence-corrected chi connectivity index (χ1v) is 9.96. The van der Waals surface area contributed by atoms with Crippen molar-refractivity contribution in [3.05, 3.63) is 64.8 Å². The van der Waals surface area contributed by atoms with Gasteiger partial charge >= 0.3 is 0 Å². The standard InChI is InChI=1S/C21H18ClN5O3/c1-2-28-16-8-6-13(7-9-16)18-11-27-17(12-29-18)19(24-26-27)21-23-20(25-30-21)14-4-3-5-15(22)10-14/h3-10,18H,2,11-12H2,1H3. The number of benzene rings is 2. The van der Waals surface area contributed by atoms with Gasteiger partial charge in [-0.25, -0.2) is 4.68 Å². The molecule has 1 unspecified atom stereocenters. The van der Waals surface area contributed by atoms with E-state index in [1.165, 1.54) is 0 Å². The van der Waals surface area contributed by atoms with Crippen molar-refractivity contribution in [2.24, 2.45) is 0 Å². The maximum Gasteiger partial charge on any atom is 0.280 e. The summed E-state index contributed by atoms with van der Waals surface area (Å²) < 4.78 is 18.8. The zero-order valence-electron chi connectivity index (χ0n) is 16.2. The number of ether oxygens (including phenoxy) is 2. The molecule has 0 radical (unpaired) electrons. The van der Waals surface area contributed by atoms with E-state index in [4.69, 9.17) is 25.6 Å². The second-order valence-corrected chi connectivity index (χ2v) is 7.24. The smallest absolute Gasteiger partial charge is 0.280 e. The van der Waals surface area contributed by atoms with Crippen molar-refractivity contribution in [3.8, 4) is 28.7 Å². The summed E-state index contributed by atoms with van der Waals surface area (Å²) in [6.07, 6.45) is -0.118. The fraction of sp³-hybridized carbons (Fsp3) is 0.238. The van der Waals surface area contributed by atoms with Gasteiger partial charge in [0.15, 0.2) is 5.69 Å². The molecule has 0 bridgehead atoms.